The first-order valence-electron chi connectivity index (χ1n) is 7.73. The van der Waals surface area contributed by atoms with E-state index in [0.717, 1.165) is 49.9 Å². The molecule has 136 valence electrons. The summed E-state index contributed by atoms with van der Waals surface area (Å²) in [5.41, 5.74) is 1.05. The molecule has 1 amide bonds. The minimum Gasteiger partial charge on any atom is -0.380 e. The summed E-state index contributed by atoms with van der Waals surface area (Å²) in [4.78, 5) is 16.7. The Bertz CT molecular complexity index is 539. The highest BCUT2D eigenvalue weighted by Gasteiger charge is 2.33. The second-order valence-electron chi connectivity index (χ2n) is 5.82. The van der Waals surface area contributed by atoms with Crippen molar-refractivity contribution in [2.24, 2.45) is 0 Å². The van der Waals surface area contributed by atoms with E-state index >= 15 is 0 Å². The Morgan fingerprint density at radius 2 is 1.88 bits per heavy atom. The maximum absolute atomic E-state index is 12.5. The van der Waals surface area contributed by atoms with Crippen molar-refractivity contribution in [2.45, 2.75) is 18.6 Å². The van der Waals surface area contributed by atoms with Gasteiger partial charge in [0, 0.05) is 39.8 Å². The molecule has 0 aromatic heterocycles. The molecule has 0 bridgehead atoms. The average molecular weight is 397 g/mol. The summed E-state index contributed by atoms with van der Waals surface area (Å²) in [6.45, 7) is 3.86. The fourth-order valence-electron chi connectivity index (χ4n) is 3.17. The molecule has 5 nitrogen and oxygen atoms in total. The number of carbonyl (C=O) groups is 1. The molecule has 2 heterocycles. The van der Waals surface area contributed by atoms with Crippen LogP contribution in [0.15, 0.2) is 24.3 Å². The molecule has 2 aliphatic rings. The van der Waals surface area contributed by atoms with Crippen molar-refractivity contribution >= 4 is 48.0 Å². The van der Waals surface area contributed by atoms with Crippen LogP contribution >= 0.6 is 36.4 Å². The molecule has 0 aliphatic carbocycles. The Kier molecular flexibility index (Phi) is 8.60. The van der Waals surface area contributed by atoms with E-state index in [1.807, 2.05) is 29.2 Å². The number of carbonyl (C=O) groups excluding carboxylic acids is 1. The summed E-state index contributed by atoms with van der Waals surface area (Å²) in [6, 6.07) is 7.76. The van der Waals surface area contributed by atoms with Gasteiger partial charge in [0.1, 0.15) is 0 Å². The van der Waals surface area contributed by atoms with Crippen molar-refractivity contribution in [3.8, 4) is 0 Å². The first-order valence-corrected chi connectivity index (χ1v) is 8.11. The number of nitrogens with zero attached hydrogens (tertiary/aromatic N) is 2. The lowest BCUT2D eigenvalue weighted by molar-refractivity contribution is -0.133. The molecule has 2 atom stereocenters. The third-order valence-electron chi connectivity index (χ3n) is 4.51. The largest absolute Gasteiger partial charge is 0.380 e. The number of nitrogens with one attached hydrogen (secondary N) is 1. The number of rotatable bonds is 3. The molecule has 0 spiro atoms. The zero-order valence-corrected chi connectivity index (χ0v) is 16.0. The lowest BCUT2D eigenvalue weighted by Crippen LogP contribution is -2.53. The van der Waals surface area contributed by atoms with Crippen LogP contribution in [0, 0.1) is 0 Å². The molecule has 0 unspecified atom stereocenters. The zero-order valence-electron chi connectivity index (χ0n) is 13.6. The number of piperazine rings is 1. The van der Waals surface area contributed by atoms with Crippen molar-refractivity contribution in [3.63, 3.8) is 0 Å². The molecular weight excluding hydrogens is 373 g/mol. The van der Waals surface area contributed by atoms with E-state index in [1.54, 1.807) is 7.11 Å². The van der Waals surface area contributed by atoms with E-state index in [0.29, 0.717) is 0 Å². The van der Waals surface area contributed by atoms with E-state index in [1.165, 1.54) is 0 Å². The SMILES string of the molecule is CO[C@@H]1CN[C@H](C(=O)N2CCN(c3ccccc3Cl)CC2)C1.Cl.Cl. The minimum absolute atomic E-state index is 0. The minimum atomic E-state index is -0.100. The fraction of sp³-hybridized carbons (Fsp3) is 0.562. The predicted octanol–water partition coefficient (Wildman–Crippen LogP) is 2.21. The molecule has 1 aromatic rings. The van der Waals surface area contributed by atoms with Crippen LogP contribution in [-0.4, -0.2) is 62.8 Å². The molecule has 24 heavy (non-hydrogen) atoms. The summed E-state index contributed by atoms with van der Waals surface area (Å²) in [5.74, 6) is 0.193. The van der Waals surface area contributed by atoms with E-state index < -0.39 is 0 Å². The Morgan fingerprint density at radius 3 is 2.46 bits per heavy atom. The molecule has 0 radical (unpaired) electrons. The number of anilines is 1. The van der Waals surface area contributed by atoms with Gasteiger partial charge in [-0.05, 0) is 18.6 Å². The molecule has 8 heteroatoms. The maximum atomic E-state index is 12.5. The van der Waals surface area contributed by atoms with Crippen molar-refractivity contribution < 1.29 is 9.53 Å². The second kappa shape index (κ2) is 9.68. The van der Waals surface area contributed by atoms with Crippen molar-refractivity contribution in [1.29, 1.82) is 0 Å². The van der Waals surface area contributed by atoms with Gasteiger partial charge in [0.25, 0.3) is 0 Å². The van der Waals surface area contributed by atoms with Gasteiger partial charge in [-0.3, -0.25) is 4.79 Å². The number of ether oxygens (including phenoxy) is 1. The van der Waals surface area contributed by atoms with E-state index in [2.05, 4.69) is 10.2 Å². The van der Waals surface area contributed by atoms with Gasteiger partial charge in [0.05, 0.1) is 22.9 Å². The molecule has 2 fully saturated rings. The van der Waals surface area contributed by atoms with Gasteiger partial charge in [0.15, 0.2) is 0 Å². The number of hydrogen-bond acceptors (Lipinski definition) is 4. The topological polar surface area (TPSA) is 44.8 Å². The smallest absolute Gasteiger partial charge is 0.239 e. The molecule has 1 N–H and O–H groups in total. The third-order valence-corrected chi connectivity index (χ3v) is 4.83. The summed E-state index contributed by atoms with van der Waals surface area (Å²) in [7, 11) is 1.70. The van der Waals surface area contributed by atoms with Crippen LogP contribution in [0.25, 0.3) is 0 Å². The highest BCUT2D eigenvalue weighted by Crippen LogP contribution is 2.26. The summed E-state index contributed by atoms with van der Waals surface area (Å²) < 4.78 is 5.31. The number of methoxy groups -OCH3 is 1. The van der Waals surface area contributed by atoms with Gasteiger partial charge >= 0.3 is 0 Å². The molecule has 1 aromatic carbocycles. The number of hydrogen-bond donors (Lipinski definition) is 1. The van der Waals surface area contributed by atoms with Gasteiger partial charge in [-0.15, -0.1) is 24.8 Å². The number of amides is 1. The summed E-state index contributed by atoms with van der Waals surface area (Å²) in [6.07, 6.45) is 0.915. The Balaban J connectivity index is 0.00000144. The third kappa shape index (κ3) is 4.67. The number of benzene rings is 1. The van der Waals surface area contributed by atoms with Gasteiger partial charge in [0.2, 0.25) is 5.91 Å². The highest BCUT2D eigenvalue weighted by atomic mass is 35.5. The normalized spacial score (nSPS) is 23.4. The Labute approximate surface area is 160 Å². The van der Waals surface area contributed by atoms with E-state index in [4.69, 9.17) is 16.3 Å². The number of halogens is 3. The monoisotopic (exact) mass is 395 g/mol. The molecule has 2 aliphatic heterocycles. The molecule has 3 rings (SSSR count). The molecular formula is C16H24Cl3N3O2. The quantitative estimate of drug-likeness (QED) is 0.851. The van der Waals surface area contributed by atoms with Crippen LogP contribution in [-0.2, 0) is 9.53 Å². The van der Waals surface area contributed by atoms with Gasteiger partial charge < -0.3 is 19.9 Å². The lowest BCUT2D eigenvalue weighted by Gasteiger charge is -2.37. The standard InChI is InChI=1S/C16H22ClN3O2.2ClH/c1-22-12-10-14(18-11-12)16(21)20-8-6-19(7-9-20)15-5-3-2-4-13(15)17;;/h2-5,12,14,18H,6-11H2,1H3;2*1H/t12-,14-;;/m0../s1. The predicted molar refractivity (Wildman–Crippen MR) is 102 cm³/mol. The Hall–Kier alpha value is -0.720. The van der Waals surface area contributed by atoms with Crippen LogP contribution in [0.2, 0.25) is 5.02 Å². The van der Waals surface area contributed by atoms with Crippen molar-refractivity contribution in [1.82, 2.24) is 10.2 Å². The van der Waals surface area contributed by atoms with E-state index in [9.17, 15) is 4.79 Å². The van der Waals surface area contributed by atoms with Gasteiger partial charge in [-0.25, -0.2) is 0 Å². The average Bonchev–Trinajstić information content (AvgIpc) is 3.04. The Morgan fingerprint density at radius 1 is 1.21 bits per heavy atom. The van der Waals surface area contributed by atoms with Crippen LogP contribution in [0.3, 0.4) is 0 Å². The van der Waals surface area contributed by atoms with Crippen molar-refractivity contribution in [2.75, 3.05) is 44.7 Å². The van der Waals surface area contributed by atoms with Crippen LogP contribution < -0.4 is 10.2 Å². The second-order valence-corrected chi connectivity index (χ2v) is 6.23. The number of para-hydroxylation sites is 1. The van der Waals surface area contributed by atoms with Crippen LogP contribution in [0.1, 0.15) is 6.42 Å². The first kappa shape index (κ1) is 21.3. The van der Waals surface area contributed by atoms with Crippen LogP contribution in [0.4, 0.5) is 5.69 Å². The molecule has 0 saturated carbocycles. The summed E-state index contributed by atoms with van der Waals surface area (Å²) in [5, 5.41) is 4.02. The molecule has 2 saturated heterocycles. The maximum Gasteiger partial charge on any atom is 0.239 e. The zero-order chi connectivity index (χ0) is 15.5. The van der Waals surface area contributed by atoms with Gasteiger partial charge in [-0.2, -0.15) is 0 Å². The van der Waals surface area contributed by atoms with Crippen LogP contribution in [0.5, 0.6) is 0 Å². The van der Waals surface area contributed by atoms with Gasteiger partial charge in [-0.1, -0.05) is 23.7 Å². The summed E-state index contributed by atoms with van der Waals surface area (Å²) >= 11 is 6.25. The van der Waals surface area contributed by atoms with Crippen molar-refractivity contribution in [3.05, 3.63) is 29.3 Å². The fourth-order valence-corrected chi connectivity index (χ4v) is 3.42. The van der Waals surface area contributed by atoms with E-state index in [-0.39, 0.29) is 42.9 Å². The lowest BCUT2D eigenvalue weighted by atomic mass is 10.1. The highest BCUT2D eigenvalue weighted by molar-refractivity contribution is 6.33. The first-order chi connectivity index (χ1) is 10.7.